The summed E-state index contributed by atoms with van der Waals surface area (Å²) in [6, 6.07) is 1.53. The molecular weight excluding hydrogens is 296 g/mol. The predicted octanol–water partition coefficient (Wildman–Crippen LogP) is 2.03. The van der Waals surface area contributed by atoms with Crippen LogP contribution >= 0.6 is 0 Å². The number of halogens is 2. The molecule has 0 amide bonds. The normalized spacial score (nSPS) is 16.0. The zero-order valence-corrected chi connectivity index (χ0v) is 12.4. The van der Waals surface area contributed by atoms with E-state index in [2.05, 4.69) is 4.90 Å². The minimum absolute atomic E-state index is 0.185. The van der Waals surface area contributed by atoms with Crippen LogP contribution in [0, 0.1) is 21.7 Å². The van der Waals surface area contributed by atoms with Crippen molar-refractivity contribution in [1.29, 1.82) is 0 Å². The number of hydrogen-bond donors (Lipinski definition) is 0. The van der Waals surface area contributed by atoms with Crippen LogP contribution in [0.25, 0.3) is 0 Å². The monoisotopic (exact) mass is 315 g/mol. The Balaban J connectivity index is 2.01. The van der Waals surface area contributed by atoms with Crippen molar-refractivity contribution in [3.8, 4) is 0 Å². The first-order chi connectivity index (χ1) is 10.5. The largest absolute Gasteiger partial charge is 0.380 e. The molecule has 1 fully saturated rings. The summed E-state index contributed by atoms with van der Waals surface area (Å²) in [6.45, 7) is 6.29. The van der Waals surface area contributed by atoms with Gasteiger partial charge in [0, 0.05) is 39.3 Å². The fourth-order valence-electron chi connectivity index (χ4n) is 2.49. The van der Waals surface area contributed by atoms with E-state index in [4.69, 9.17) is 4.74 Å². The molecule has 22 heavy (non-hydrogen) atoms. The molecule has 1 aromatic carbocycles. The number of benzene rings is 1. The number of rotatable bonds is 6. The molecule has 122 valence electrons. The van der Waals surface area contributed by atoms with E-state index in [-0.39, 0.29) is 5.69 Å². The Bertz CT molecular complexity index is 511. The van der Waals surface area contributed by atoms with E-state index in [1.54, 1.807) is 4.90 Å². The highest BCUT2D eigenvalue weighted by Gasteiger charge is 2.24. The van der Waals surface area contributed by atoms with Gasteiger partial charge in [-0.2, -0.15) is 0 Å². The number of nitrogens with zero attached hydrogens (tertiary/aromatic N) is 3. The minimum atomic E-state index is -0.894. The van der Waals surface area contributed by atoms with Crippen molar-refractivity contribution in [2.24, 2.45) is 0 Å². The van der Waals surface area contributed by atoms with Gasteiger partial charge in [-0.3, -0.25) is 15.0 Å². The number of nitro groups is 1. The summed E-state index contributed by atoms with van der Waals surface area (Å²) < 4.78 is 33.2. The second-order valence-corrected chi connectivity index (χ2v) is 5.04. The van der Waals surface area contributed by atoms with E-state index in [1.807, 2.05) is 6.92 Å². The Morgan fingerprint density at radius 2 is 1.82 bits per heavy atom. The number of anilines is 1. The molecule has 0 unspecified atom stereocenters. The average molecular weight is 315 g/mol. The summed E-state index contributed by atoms with van der Waals surface area (Å²) in [5.41, 5.74) is -0.760. The van der Waals surface area contributed by atoms with Crippen molar-refractivity contribution in [2.45, 2.75) is 6.92 Å². The maximum Gasteiger partial charge on any atom is 0.275 e. The van der Waals surface area contributed by atoms with Crippen molar-refractivity contribution >= 4 is 11.4 Å². The van der Waals surface area contributed by atoms with E-state index >= 15 is 0 Å². The second-order valence-electron chi connectivity index (χ2n) is 5.04. The summed E-state index contributed by atoms with van der Waals surface area (Å²) in [5.74, 6) is -1.79. The van der Waals surface area contributed by atoms with Crippen LogP contribution in [0.5, 0.6) is 0 Å². The standard InChI is InChI=1S/C14H19F2N3O3/c1-2-22-8-7-17-3-5-18(6-4-17)14-12(15)9-11(19(20)21)10-13(14)16/h9-10H,2-8H2,1H3. The minimum Gasteiger partial charge on any atom is -0.380 e. The molecule has 0 aromatic heterocycles. The highest BCUT2D eigenvalue weighted by atomic mass is 19.1. The number of hydrogen-bond acceptors (Lipinski definition) is 5. The van der Waals surface area contributed by atoms with Crippen LogP contribution in [0.4, 0.5) is 20.2 Å². The van der Waals surface area contributed by atoms with Gasteiger partial charge in [0.25, 0.3) is 5.69 Å². The molecule has 0 N–H and O–H groups in total. The second kappa shape index (κ2) is 7.46. The van der Waals surface area contributed by atoms with Crippen LogP contribution in [-0.4, -0.2) is 55.8 Å². The molecule has 1 aromatic rings. The number of non-ortho nitro benzene ring substituents is 1. The van der Waals surface area contributed by atoms with Crippen LogP contribution < -0.4 is 4.90 Å². The van der Waals surface area contributed by atoms with Gasteiger partial charge in [0.05, 0.1) is 23.7 Å². The lowest BCUT2D eigenvalue weighted by molar-refractivity contribution is -0.385. The maximum atomic E-state index is 14.0. The quantitative estimate of drug-likeness (QED) is 0.457. The van der Waals surface area contributed by atoms with Gasteiger partial charge in [0.1, 0.15) is 5.69 Å². The first-order valence-electron chi connectivity index (χ1n) is 7.21. The van der Waals surface area contributed by atoms with E-state index in [9.17, 15) is 18.9 Å². The average Bonchev–Trinajstić information content (AvgIpc) is 2.48. The van der Waals surface area contributed by atoms with E-state index < -0.39 is 22.2 Å². The molecule has 8 heteroatoms. The van der Waals surface area contributed by atoms with Gasteiger partial charge in [0.15, 0.2) is 11.6 Å². The molecule has 1 saturated heterocycles. The number of ether oxygens (including phenoxy) is 1. The molecular formula is C14H19F2N3O3. The van der Waals surface area contributed by atoms with Crippen LogP contribution in [0.2, 0.25) is 0 Å². The molecule has 1 heterocycles. The van der Waals surface area contributed by atoms with E-state index in [0.717, 1.165) is 18.7 Å². The lowest BCUT2D eigenvalue weighted by Crippen LogP contribution is -2.47. The van der Waals surface area contributed by atoms with Crippen molar-refractivity contribution in [2.75, 3.05) is 50.8 Å². The van der Waals surface area contributed by atoms with Crippen LogP contribution in [0.15, 0.2) is 12.1 Å². The Morgan fingerprint density at radius 3 is 2.32 bits per heavy atom. The summed E-state index contributed by atoms with van der Waals surface area (Å²) in [7, 11) is 0. The smallest absolute Gasteiger partial charge is 0.275 e. The van der Waals surface area contributed by atoms with Crippen molar-refractivity contribution in [3.05, 3.63) is 33.9 Å². The molecule has 1 aliphatic heterocycles. The van der Waals surface area contributed by atoms with Crippen molar-refractivity contribution < 1.29 is 18.4 Å². The fourth-order valence-corrected chi connectivity index (χ4v) is 2.49. The fraction of sp³-hybridized carbons (Fsp3) is 0.571. The first kappa shape index (κ1) is 16.6. The molecule has 6 nitrogen and oxygen atoms in total. The molecule has 0 aliphatic carbocycles. The predicted molar refractivity (Wildman–Crippen MR) is 78.2 cm³/mol. The van der Waals surface area contributed by atoms with Crippen molar-refractivity contribution in [1.82, 2.24) is 4.90 Å². The first-order valence-corrected chi connectivity index (χ1v) is 7.21. The summed E-state index contributed by atoms with van der Waals surface area (Å²) in [5, 5.41) is 10.6. The topological polar surface area (TPSA) is 58.8 Å². The van der Waals surface area contributed by atoms with Gasteiger partial charge >= 0.3 is 0 Å². The third-order valence-corrected chi connectivity index (χ3v) is 3.66. The number of nitro benzene ring substituents is 1. The Kier molecular flexibility index (Phi) is 5.62. The van der Waals surface area contributed by atoms with Crippen molar-refractivity contribution in [3.63, 3.8) is 0 Å². The van der Waals surface area contributed by atoms with Gasteiger partial charge in [-0.05, 0) is 6.92 Å². The molecule has 0 saturated carbocycles. The molecule has 0 bridgehead atoms. The highest BCUT2D eigenvalue weighted by Crippen LogP contribution is 2.28. The zero-order valence-electron chi connectivity index (χ0n) is 12.4. The SMILES string of the molecule is CCOCCN1CCN(c2c(F)cc([N+](=O)[O-])cc2F)CC1. The molecule has 0 spiro atoms. The zero-order chi connectivity index (χ0) is 16.1. The van der Waals surface area contributed by atoms with Crippen LogP contribution in [0.3, 0.4) is 0 Å². The van der Waals surface area contributed by atoms with E-state index in [1.165, 1.54) is 0 Å². The maximum absolute atomic E-state index is 14.0. The van der Waals surface area contributed by atoms with Gasteiger partial charge in [0.2, 0.25) is 0 Å². The Labute approximate surface area is 127 Å². The molecule has 0 radical (unpaired) electrons. The third-order valence-electron chi connectivity index (χ3n) is 3.66. The molecule has 2 rings (SSSR count). The number of piperazine rings is 1. The van der Waals surface area contributed by atoms with Crippen LogP contribution in [-0.2, 0) is 4.74 Å². The van der Waals surface area contributed by atoms with Gasteiger partial charge in [-0.1, -0.05) is 0 Å². The van der Waals surface area contributed by atoms with Gasteiger partial charge < -0.3 is 9.64 Å². The lowest BCUT2D eigenvalue weighted by atomic mass is 10.2. The molecule has 1 aliphatic rings. The summed E-state index contributed by atoms with van der Waals surface area (Å²) in [4.78, 5) is 13.5. The lowest BCUT2D eigenvalue weighted by Gasteiger charge is -2.36. The van der Waals surface area contributed by atoms with Gasteiger partial charge in [-0.25, -0.2) is 8.78 Å². The van der Waals surface area contributed by atoms with E-state index in [0.29, 0.717) is 39.4 Å². The molecule has 0 atom stereocenters. The summed E-state index contributed by atoms with van der Waals surface area (Å²) in [6.07, 6.45) is 0. The Morgan fingerprint density at radius 1 is 1.23 bits per heavy atom. The van der Waals surface area contributed by atoms with Gasteiger partial charge in [-0.15, -0.1) is 0 Å². The highest BCUT2D eigenvalue weighted by molar-refractivity contribution is 5.54. The van der Waals surface area contributed by atoms with Crippen LogP contribution in [0.1, 0.15) is 6.92 Å². The Hall–Kier alpha value is -1.80. The summed E-state index contributed by atoms with van der Waals surface area (Å²) >= 11 is 0. The third kappa shape index (κ3) is 3.89.